The SMILES string of the molecule is COc1cc(C2Nc3ccc(C(=O)N4CCOCC4)cc3C3C=CCC32)ccc1O. The minimum atomic E-state index is 0.0741. The van der Waals surface area contributed by atoms with Gasteiger partial charge in [-0.2, -0.15) is 0 Å². The summed E-state index contributed by atoms with van der Waals surface area (Å²) in [7, 11) is 1.56. The number of nitrogens with zero attached hydrogens (tertiary/aromatic N) is 1. The summed E-state index contributed by atoms with van der Waals surface area (Å²) in [6, 6.07) is 11.6. The Kier molecular flexibility index (Phi) is 4.87. The zero-order chi connectivity index (χ0) is 20.7. The summed E-state index contributed by atoms with van der Waals surface area (Å²) in [6.45, 7) is 2.49. The molecule has 0 bridgehead atoms. The lowest BCUT2D eigenvalue weighted by molar-refractivity contribution is 0.0303. The molecular formula is C24H26N2O4. The number of morpholine rings is 1. The number of benzene rings is 2. The molecule has 1 fully saturated rings. The second-order valence-corrected chi connectivity index (χ2v) is 8.11. The van der Waals surface area contributed by atoms with E-state index in [9.17, 15) is 9.90 Å². The third-order valence-corrected chi connectivity index (χ3v) is 6.47. The molecule has 5 rings (SSSR count). The Morgan fingerprint density at radius 1 is 1.20 bits per heavy atom. The van der Waals surface area contributed by atoms with E-state index in [0.29, 0.717) is 38.0 Å². The molecule has 3 unspecified atom stereocenters. The average molecular weight is 406 g/mol. The molecule has 2 N–H and O–H groups in total. The number of ether oxygens (including phenoxy) is 2. The standard InChI is InChI=1S/C24H26N2O4/c1-29-22-14-15(6-8-21(22)27)23-18-4-2-3-17(18)19-13-16(5-7-20(19)25-23)24(28)26-9-11-30-12-10-26/h2-3,5-8,13-14,17-18,23,25,27H,4,9-12H2,1H3. The summed E-state index contributed by atoms with van der Waals surface area (Å²) < 4.78 is 10.7. The maximum absolute atomic E-state index is 13.0. The largest absolute Gasteiger partial charge is 0.504 e. The molecule has 2 aromatic carbocycles. The minimum absolute atomic E-state index is 0.0741. The van der Waals surface area contributed by atoms with Crippen LogP contribution in [0.1, 0.15) is 39.9 Å². The van der Waals surface area contributed by atoms with Gasteiger partial charge in [-0.1, -0.05) is 18.2 Å². The molecule has 0 spiro atoms. The fraction of sp³-hybridized carbons (Fsp3) is 0.375. The van der Waals surface area contributed by atoms with Crippen LogP contribution in [0.4, 0.5) is 5.69 Å². The summed E-state index contributed by atoms with van der Waals surface area (Å²) >= 11 is 0. The van der Waals surface area contributed by atoms with Crippen LogP contribution in [-0.4, -0.2) is 49.3 Å². The van der Waals surface area contributed by atoms with E-state index in [1.807, 2.05) is 29.2 Å². The molecule has 1 aliphatic carbocycles. The Bertz CT molecular complexity index is 997. The molecule has 2 heterocycles. The van der Waals surface area contributed by atoms with Crippen molar-refractivity contribution in [2.24, 2.45) is 5.92 Å². The quantitative estimate of drug-likeness (QED) is 0.761. The van der Waals surface area contributed by atoms with E-state index in [0.717, 1.165) is 23.2 Å². The molecule has 2 aromatic rings. The highest BCUT2D eigenvalue weighted by molar-refractivity contribution is 5.95. The fourth-order valence-corrected chi connectivity index (χ4v) is 4.89. The first-order valence-electron chi connectivity index (χ1n) is 10.5. The molecule has 156 valence electrons. The number of hydrogen-bond acceptors (Lipinski definition) is 5. The number of allylic oxidation sites excluding steroid dienone is 2. The van der Waals surface area contributed by atoms with Gasteiger partial charge >= 0.3 is 0 Å². The lowest BCUT2D eigenvalue weighted by Crippen LogP contribution is -2.40. The lowest BCUT2D eigenvalue weighted by Gasteiger charge is -2.38. The summed E-state index contributed by atoms with van der Waals surface area (Å²) in [6.07, 6.45) is 5.46. The predicted molar refractivity (Wildman–Crippen MR) is 114 cm³/mol. The van der Waals surface area contributed by atoms with Crippen LogP contribution in [0.2, 0.25) is 0 Å². The van der Waals surface area contributed by atoms with Crippen molar-refractivity contribution < 1.29 is 19.4 Å². The third-order valence-electron chi connectivity index (χ3n) is 6.47. The maximum atomic E-state index is 13.0. The van der Waals surface area contributed by atoms with Crippen LogP contribution in [-0.2, 0) is 4.74 Å². The van der Waals surface area contributed by atoms with Gasteiger partial charge in [0.2, 0.25) is 0 Å². The predicted octanol–water partition coefficient (Wildman–Crippen LogP) is 3.70. The van der Waals surface area contributed by atoms with Crippen molar-refractivity contribution in [3.8, 4) is 11.5 Å². The van der Waals surface area contributed by atoms with Gasteiger partial charge in [-0.25, -0.2) is 0 Å². The van der Waals surface area contributed by atoms with E-state index in [1.165, 1.54) is 5.56 Å². The molecule has 1 amide bonds. The van der Waals surface area contributed by atoms with Gasteiger partial charge in [0.15, 0.2) is 11.5 Å². The molecule has 3 atom stereocenters. The van der Waals surface area contributed by atoms with E-state index in [1.54, 1.807) is 13.2 Å². The molecule has 3 aliphatic rings. The van der Waals surface area contributed by atoms with Crippen LogP contribution < -0.4 is 10.1 Å². The number of nitrogens with one attached hydrogen (secondary N) is 1. The van der Waals surface area contributed by atoms with Gasteiger partial charge in [-0.3, -0.25) is 4.79 Å². The molecule has 0 aromatic heterocycles. The number of methoxy groups -OCH3 is 1. The smallest absolute Gasteiger partial charge is 0.254 e. The molecule has 6 nitrogen and oxygen atoms in total. The topological polar surface area (TPSA) is 71.0 Å². The summed E-state index contributed by atoms with van der Waals surface area (Å²) in [5.74, 6) is 1.30. The summed E-state index contributed by atoms with van der Waals surface area (Å²) in [4.78, 5) is 14.8. The van der Waals surface area contributed by atoms with Gasteiger partial charge < -0.3 is 24.8 Å². The van der Waals surface area contributed by atoms with Crippen LogP contribution in [0.25, 0.3) is 0 Å². The highest BCUT2D eigenvalue weighted by Gasteiger charge is 2.38. The number of anilines is 1. The van der Waals surface area contributed by atoms with Gasteiger partial charge in [0.25, 0.3) is 5.91 Å². The zero-order valence-electron chi connectivity index (χ0n) is 17.0. The van der Waals surface area contributed by atoms with Gasteiger partial charge in [0.05, 0.1) is 26.4 Å². The molecule has 0 radical (unpaired) electrons. The van der Waals surface area contributed by atoms with Gasteiger partial charge in [-0.05, 0) is 53.8 Å². The Labute approximate surface area is 176 Å². The third kappa shape index (κ3) is 3.21. The normalized spacial score (nSPS) is 24.7. The van der Waals surface area contributed by atoms with Crippen LogP contribution in [0, 0.1) is 5.92 Å². The Hall–Kier alpha value is -2.99. The van der Waals surface area contributed by atoms with Crippen molar-refractivity contribution in [3.05, 3.63) is 65.2 Å². The Morgan fingerprint density at radius 2 is 2.03 bits per heavy atom. The Balaban J connectivity index is 1.47. The number of carbonyl (C=O) groups excluding carboxylic acids is 1. The Morgan fingerprint density at radius 3 is 2.83 bits per heavy atom. The summed E-state index contributed by atoms with van der Waals surface area (Å²) in [5.41, 5.74) is 4.05. The number of phenolic OH excluding ortho intramolecular Hbond substituents is 1. The highest BCUT2D eigenvalue weighted by Crippen LogP contribution is 2.50. The number of aromatic hydroxyl groups is 1. The number of hydrogen-bond donors (Lipinski definition) is 2. The van der Waals surface area contributed by atoms with E-state index in [4.69, 9.17) is 9.47 Å². The molecular weight excluding hydrogens is 380 g/mol. The summed E-state index contributed by atoms with van der Waals surface area (Å²) in [5, 5.41) is 13.6. The zero-order valence-corrected chi connectivity index (χ0v) is 17.0. The van der Waals surface area contributed by atoms with Crippen LogP contribution in [0.3, 0.4) is 0 Å². The van der Waals surface area contributed by atoms with Crippen molar-refractivity contribution in [2.75, 3.05) is 38.7 Å². The van der Waals surface area contributed by atoms with E-state index < -0.39 is 0 Å². The highest BCUT2D eigenvalue weighted by atomic mass is 16.5. The molecule has 1 saturated heterocycles. The first kappa shape index (κ1) is 19.0. The van der Waals surface area contributed by atoms with E-state index >= 15 is 0 Å². The number of amides is 1. The first-order chi connectivity index (χ1) is 14.7. The van der Waals surface area contributed by atoms with Gasteiger partial charge in [0, 0.05) is 30.3 Å². The van der Waals surface area contributed by atoms with Crippen molar-refractivity contribution in [2.45, 2.75) is 18.4 Å². The lowest BCUT2D eigenvalue weighted by atomic mass is 9.76. The maximum Gasteiger partial charge on any atom is 0.254 e. The number of fused-ring (bicyclic) bond motifs is 3. The number of phenols is 1. The number of rotatable bonds is 3. The minimum Gasteiger partial charge on any atom is -0.504 e. The van der Waals surface area contributed by atoms with Crippen LogP contribution in [0.15, 0.2) is 48.6 Å². The van der Waals surface area contributed by atoms with E-state index in [2.05, 4.69) is 23.5 Å². The van der Waals surface area contributed by atoms with Crippen LogP contribution in [0.5, 0.6) is 11.5 Å². The number of carbonyl (C=O) groups is 1. The second-order valence-electron chi connectivity index (χ2n) is 8.11. The van der Waals surface area contributed by atoms with E-state index in [-0.39, 0.29) is 23.6 Å². The second kappa shape index (κ2) is 7.69. The fourth-order valence-electron chi connectivity index (χ4n) is 4.89. The van der Waals surface area contributed by atoms with Crippen molar-refractivity contribution in [1.82, 2.24) is 4.90 Å². The molecule has 0 saturated carbocycles. The first-order valence-corrected chi connectivity index (χ1v) is 10.5. The van der Waals surface area contributed by atoms with Crippen molar-refractivity contribution >= 4 is 11.6 Å². The van der Waals surface area contributed by atoms with Crippen molar-refractivity contribution in [1.29, 1.82) is 0 Å². The molecule has 30 heavy (non-hydrogen) atoms. The van der Waals surface area contributed by atoms with Gasteiger partial charge in [-0.15, -0.1) is 0 Å². The van der Waals surface area contributed by atoms with Crippen LogP contribution >= 0.6 is 0 Å². The molecule has 6 heteroatoms. The molecule has 2 aliphatic heterocycles. The monoisotopic (exact) mass is 406 g/mol. The van der Waals surface area contributed by atoms with Crippen molar-refractivity contribution in [3.63, 3.8) is 0 Å². The van der Waals surface area contributed by atoms with Gasteiger partial charge in [0.1, 0.15) is 0 Å². The average Bonchev–Trinajstić information content (AvgIpc) is 3.29.